The average molecular weight is 246 g/mol. The lowest BCUT2D eigenvalue weighted by Gasteiger charge is -2.22. The van der Waals surface area contributed by atoms with E-state index in [1.54, 1.807) is 0 Å². The number of hydrogen-bond acceptors (Lipinski definition) is 2. The van der Waals surface area contributed by atoms with Gasteiger partial charge in [0.25, 0.3) is 0 Å². The smallest absolute Gasteiger partial charge is 0.227 e. The zero-order chi connectivity index (χ0) is 13.0. The second-order valence-electron chi connectivity index (χ2n) is 5.04. The Hall–Kier alpha value is -1.51. The van der Waals surface area contributed by atoms with Gasteiger partial charge in [0.2, 0.25) is 5.91 Å². The van der Waals surface area contributed by atoms with Crippen LogP contribution in [-0.4, -0.2) is 12.5 Å². The molecule has 1 unspecified atom stereocenters. The van der Waals surface area contributed by atoms with Crippen molar-refractivity contribution in [2.75, 3.05) is 17.2 Å². The summed E-state index contributed by atoms with van der Waals surface area (Å²) < 4.78 is 0. The summed E-state index contributed by atoms with van der Waals surface area (Å²) in [6.45, 7) is 5.13. The Balaban J connectivity index is 2.12. The first-order valence-electron chi connectivity index (χ1n) is 6.89. The molecule has 3 heteroatoms. The number of hydrogen-bond donors (Lipinski definition) is 2. The summed E-state index contributed by atoms with van der Waals surface area (Å²) in [4.78, 5) is 12.1. The molecule has 0 spiro atoms. The van der Waals surface area contributed by atoms with Gasteiger partial charge in [0.1, 0.15) is 0 Å². The molecule has 0 radical (unpaired) electrons. The van der Waals surface area contributed by atoms with Gasteiger partial charge in [-0.05, 0) is 37.0 Å². The predicted molar refractivity (Wildman–Crippen MR) is 76.0 cm³/mol. The number of nitrogens with one attached hydrogen (secondary N) is 2. The molecule has 0 aliphatic carbocycles. The molecule has 18 heavy (non-hydrogen) atoms. The summed E-state index contributed by atoms with van der Waals surface area (Å²) in [6, 6.07) is 6.08. The van der Waals surface area contributed by atoms with E-state index >= 15 is 0 Å². The molecule has 0 bridgehead atoms. The molecule has 1 amide bonds. The molecular formula is C15H22N2O. The minimum Gasteiger partial charge on any atom is -0.385 e. The van der Waals surface area contributed by atoms with Crippen molar-refractivity contribution in [1.82, 2.24) is 0 Å². The van der Waals surface area contributed by atoms with Crippen LogP contribution >= 0.6 is 0 Å². The fraction of sp³-hybridized carbons (Fsp3) is 0.533. The summed E-state index contributed by atoms with van der Waals surface area (Å²) in [6.07, 6.45) is 4.16. The molecule has 3 nitrogen and oxygen atoms in total. The summed E-state index contributed by atoms with van der Waals surface area (Å²) in [7, 11) is 0. The Morgan fingerprint density at radius 2 is 2.33 bits per heavy atom. The molecular weight excluding hydrogens is 224 g/mol. The van der Waals surface area contributed by atoms with Crippen molar-refractivity contribution < 1.29 is 4.79 Å². The number of benzene rings is 1. The molecule has 0 saturated heterocycles. The van der Waals surface area contributed by atoms with E-state index in [1.807, 2.05) is 19.1 Å². The molecule has 98 valence electrons. The highest BCUT2D eigenvalue weighted by Gasteiger charge is 2.16. The Bertz CT molecular complexity index is 429. The summed E-state index contributed by atoms with van der Waals surface area (Å²) >= 11 is 0. The van der Waals surface area contributed by atoms with Crippen LogP contribution in [0.5, 0.6) is 0 Å². The first-order valence-corrected chi connectivity index (χ1v) is 6.89. The van der Waals surface area contributed by atoms with E-state index in [9.17, 15) is 4.79 Å². The van der Waals surface area contributed by atoms with E-state index in [-0.39, 0.29) is 11.8 Å². The van der Waals surface area contributed by atoms with Crippen LogP contribution in [0.1, 0.15) is 38.7 Å². The maximum Gasteiger partial charge on any atom is 0.227 e. The van der Waals surface area contributed by atoms with Crippen LogP contribution < -0.4 is 10.6 Å². The van der Waals surface area contributed by atoms with Crippen LogP contribution in [0.3, 0.4) is 0 Å². The highest BCUT2D eigenvalue weighted by Crippen LogP contribution is 2.29. The topological polar surface area (TPSA) is 41.1 Å². The third kappa shape index (κ3) is 2.84. The van der Waals surface area contributed by atoms with Crippen molar-refractivity contribution in [2.45, 2.75) is 39.5 Å². The van der Waals surface area contributed by atoms with E-state index in [4.69, 9.17) is 0 Å². The van der Waals surface area contributed by atoms with Crippen molar-refractivity contribution >= 4 is 17.3 Å². The molecule has 2 rings (SSSR count). The third-order valence-corrected chi connectivity index (χ3v) is 3.52. The Morgan fingerprint density at radius 1 is 1.50 bits per heavy atom. The van der Waals surface area contributed by atoms with E-state index < -0.39 is 0 Å². The first kappa shape index (κ1) is 12.9. The van der Waals surface area contributed by atoms with Gasteiger partial charge >= 0.3 is 0 Å². The van der Waals surface area contributed by atoms with Gasteiger partial charge in [-0.3, -0.25) is 4.79 Å². The van der Waals surface area contributed by atoms with Gasteiger partial charge in [-0.2, -0.15) is 0 Å². The molecule has 2 N–H and O–H groups in total. The fourth-order valence-corrected chi connectivity index (χ4v) is 2.45. The normalized spacial score (nSPS) is 15.4. The maximum absolute atomic E-state index is 12.1. The number of amides is 1. The Kier molecular flexibility index (Phi) is 4.24. The lowest BCUT2D eigenvalue weighted by molar-refractivity contribution is -0.119. The molecule has 1 aliphatic heterocycles. The minimum absolute atomic E-state index is 0.0856. The number of carbonyl (C=O) groups is 1. The molecule has 1 aliphatic rings. The van der Waals surface area contributed by atoms with Crippen LogP contribution in [0.2, 0.25) is 0 Å². The standard InChI is InChI=1S/C15H22N2O/c1-3-6-11(2)15(18)17-14-9-4-8-13-12(14)7-5-10-16-13/h4,8-9,11,16H,3,5-7,10H2,1-2H3,(H,17,18). The van der Waals surface area contributed by atoms with Crippen molar-refractivity contribution in [2.24, 2.45) is 5.92 Å². The highest BCUT2D eigenvalue weighted by molar-refractivity contribution is 5.94. The predicted octanol–water partition coefficient (Wildman–Crippen LogP) is 3.42. The molecule has 1 aromatic rings. The number of rotatable bonds is 4. The van der Waals surface area contributed by atoms with Crippen LogP contribution in [0, 0.1) is 5.92 Å². The van der Waals surface area contributed by atoms with Crippen molar-refractivity contribution in [1.29, 1.82) is 0 Å². The van der Waals surface area contributed by atoms with Crippen molar-refractivity contribution in [3.05, 3.63) is 23.8 Å². The van der Waals surface area contributed by atoms with Crippen LogP contribution in [-0.2, 0) is 11.2 Å². The van der Waals surface area contributed by atoms with Crippen molar-refractivity contribution in [3.8, 4) is 0 Å². The zero-order valence-corrected chi connectivity index (χ0v) is 11.3. The van der Waals surface area contributed by atoms with E-state index in [0.717, 1.165) is 37.9 Å². The molecule has 1 heterocycles. The summed E-state index contributed by atoms with van der Waals surface area (Å²) in [5.41, 5.74) is 3.40. The molecule has 0 saturated carbocycles. The third-order valence-electron chi connectivity index (χ3n) is 3.52. The van der Waals surface area contributed by atoms with Gasteiger partial charge < -0.3 is 10.6 Å². The number of anilines is 2. The summed E-state index contributed by atoms with van der Waals surface area (Å²) in [5, 5.41) is 6.46. The van der Waals surface area contributed by atoms with Crippen LogP contribution in [0.15, 0.2) is 18.2 Å². The molecule has 0 aromatic heterocycles. The quantitative estimate of drug-likeness (QED) is 0.854. The van der Waals surface area contributed by atoms with E-state index in [1.165, 1.54) is 11.3 Å². The molecule has 1 aromatic carbocycles. The van der Waals surface area contributed by atoms with E-state index in [0.29, 0.717) is 0 Å². The Labute approximate surface area is 109 Å². The van der Waals surface area contributed by atoms with Crippen LogP contribution in [0.25, 0.3) is 0 Å². The summed E-state index contributed by atoms with van der Waals surface area (Å²) in [5.74, 6) is 0.221. The number of carbonyl (C=O) groups excluding carboxylic acids is 1. The first-order chi connectivity index (χ1) is 8.72. The SMILES string of the molecule is CCCC(C)C(=O)Nc1cccc2c1CCCN2. The monoisotopic (exact) mass is 246 g/mol. The molecule has 0 fully saturated rings. The highest BCUT2D eigenvalue weighted by atomic mass is 16.1. The average Bonchev–Trinajstić information content (AvgIpc) is 2.39. The fourth-order valence-electron chi connectivity index (χ4n) is 2.45. The van der Waals surface area contributed by atoms with Gasteiger partial charge in [0, 0.05) is 23.8 Å². The zero-order valence-electron chi connectivity index (χ0n) is 11.3. The van der Waals surface area contributed by atoms with Crippen LogP contribution in [0.4, 0.5) is 11.4 Å². The van der Waals surface area contributed by atoms with Gasteiger partial charge in [0.05, 0.1) is 0 Å². The molecule has 1 atom stereocenters. The van der Waals surface area contributed by atoms with Gasteiger partial charge in [-0.1, -0.05) is 26.3 Å². The second kappa shape index (κ2) is 5.89. The van der Waals surface area contributed by atoms with Crippen molar-refractivity contribution in [3.63, 3.8) is 0 Å². The van der Waals surface area contributed by atoms with Gasteiger partial charge in [-0.15, -0.1) is 0 Å². The maximum atomic E-state index is 12.1. The number of fused-ring (bicyclic) bond motifs is 1. The Morgan fingerprint density at radius 3 is 3.11 bits per heavy atom. The van der Waals surface area contributed by atoms with Gasteiger partial charge in [0.15, 0.2) is 0 Å². The van der Waals surface area contributed by atoms with Gasteiger partial charge in [-0.25, -0.2) is 0 Å². The minimum atomic E-state index is 0.0856. The lowest BCUT2D eigenvalue weighted by Crippen LogP contribution is -2.22. The largest absolute Gasteiger partial charge is 0.385 e. The lowest BCUT2D eigenvalue weighted by atomic mass is 10.00. The second-order valence-corrected chi connectivity index (χ2v) is 5.04. The van der Waals surface area contributed by atoms with E-state index in [2.05, 4.69) is 23.6 Å².